The Morgan fingerprint density at radius 3 is 2.43 bits per heavy atom. The average Bonchev–Trinajstić information content (AvgIpc) is 3.16. The maximum Gasteiger partial charge on any atom is 0.254 e. The molecule has 3 heterocycles. The Kier molecular flexibility index (Phi) is 5.16. The normalized spacial score (nSPS) is 15.0. The van der Waals surface area contributed by atoms with Crippen LogP contribution in [0.2, 0.25) is 0 Å². The first-order chi connectivity index (χ1) is 13.7. The predicted molar refractivity (Wildman–Crippen MR) is 106 cm³/mol. The van der Waals surface area contributed by atoms with Gasteiger partial charge in [-0.25, -0.2) is 4.98 Å². The maximum atomic E-state index is 12.9. The van der Waals surface area contributed by atoms with Crippen molar-refractivity contribution in [2.45, 2.75) is 6.54 Å². The lowest BCUT2D eigenvalue weighted by Gasteiger charge is -2.34. The molecule has 0 N–H and O–H groups in total. The number of hydrogen-bond acceptors (Lipinski definition) is 5. The first-order valence-corrected chi connectivity index (χ1v) is 9.33. The van der Waals surface area contributed by atoms with Crippen molar-refractivity contribution in [3.05, 3.63) is 60.0 Å². The Hall–Kier alpha value is -3.06. The number of methoxy groups -OCH3 is 2. The number of ether oxygens (including phenoxy) is 2. The van der Waals surface area contributed by atoms with Crippen molar-refractivity contribution in [3.63, 3.8) is 0 Å². The molecule has 0 bridgehead atoms. The monoisotopic (exact) mass is 380 g/mol. The average molecular weight is 380 g/mol. The lowest BCUT2D eigenvalue weighted by atomic mass is 10.1. The Morgan fingerprint density at radius 2 is 1.75 bits per heavy atom. The first-order valence-electron chi connectivity index (χ1n) is 9.33. The molecular formula is C21H24N4O3. The minimum atomic E-state index is 0.00616. The van der Waals surface area contributed by atoms with Crippen LogP contribution in [0.25, 0.3) is 5.65 Å². The lowest BCUT2D eigenvalue weighted by molar-refractivity contribution is 0.0626. The van der Waals surface area contributed by atoms with Crippen LogP contribution in [0.3, 0.4) is 0 Å². The highest BCUT2D eigenvalue weighted by Crippen LogP contribution is 2.24. The molecule has 146 valence electrons. The van der Waals surface area contributed by atoms with Gasteiger partial charge in [-0.3, -0.25) is 9.69 Å². The summed E-state index contributed by atoms with van der Waals surface area (Å²) in [5.41, 5.74) is 2.71. The van der Waals surface area contributed by atoms with E-state index in [2.05, 4.69) is 14.3 Å². The van der Waals surface area contributed by atoms with Crippen molar-refractivity contribution in [2.24, 2.45) is 0 Å². The van der Waals surface area contributed by atoms with Gasteiger partial charge in [-0.05, 0) is 24.3 Å². The molecule has 7 nitrogen and oxygen atoms in total. The summed E-state index contributed by atoms with van der Waals surface area (Å²) in [5.74, 6) is 1.24. The molecule has 1 fully saturated rings. The molecule has 0 radical (unpaired) electrons. The number of pyridine rings is 1. The number of nitrogens with zero attached hydrogens (tertiary/aromatic N) is 4. The van der Waals surface area contributed by atoms with E-state index >= 15 is 0 Å². The van der Waals surface area contributed by atoms with Crippen LogP contribution in [0.15, 0.2) is 48.8 Å². The van der Waals surface area contributed by atoms with Crippen molar-refractivity contribution in [1.29, 1.82) is 0 Å². The molecule has 0 atom stereocenters. The zero-order valence-electron chi connectivity index (χ0n) is 16.2. The van der Waals surface area contributed by atoms with Gasteiger partial charge in [0, 0.05) is 50.6 Å². The Bertz CT molecular complexity index is 954. The third-order valence-corrected chi connectivity index (χ3v) is 5.14. The molecule has 1 aromatic carbocycles. The minimum absolute atomic E-state index is 0.00616. The Labute approximate surface area is 164 Å². The number of piperazine rings is 1. The van der Waals surface area contributed by atoms with Crippen LogP contribution in [0.4, 0.5) is 0 Å². The quantitative estimate of drug-likeness (QED) is 0.680. The fourth-order valence-electron chi connectivity index (χ4n) is 3.55. The molecular weight excluding hydrogens is 356 g/mol. The van der Waals surface area contributed by atoms with Gasteiger partial charge in [-0.1, -0.05) is 6.07 Å². The number of carbonyl (C=O) groups excluding carboxylic acids is 1. The molecule has 0 unspecified atom stereocenters. The number of amides is 1. The number of carbonyl (C=O) groups is 1. The van der Waals surface area contributed by atoms with Crippen molar-refractivity contribution in [3.8, 4) is 11.5 Å². The highest BCUT2D eigenvalue weighted by Gasteiger charge is 2.23. The summed E-state index contributed by atoms with van der Waals surface area (Å²) in [7, 11) is 3.17. The fourth-order valence-corrected chi connectivity index (χ4v) is 3.55. The second kappa shape index (κ2) is 7.90. The SMILES string of the molecule is COc1cc(OC)cc(C(=O)N2CCN(Cc3cnc4ccccn34)CC2)c1. The summed E-state index contributed by atoms with van der Waals surface area (Å²) in [5, 5.41) is 0. The standard InChI is InChI=1S/C21H24N4O3/c1-27-18-11-16(12-19(13-18)28-2)21(26)24-9-7-23(8-10-24)15-17-14-22-20-5-3-4-6-25(17)20/h3-6,11-14H,7-10,15H2,1-2H3. The third-order valence-electron chi connectivity index (χ3n) is 5.14. The van der Waals surface area contributed by atoms with Gasteiger partial charge >= 0.3 is 0 Å². The van der Waals surface area contributed by atoms with Crippen molar-refractivity contribution in [2.75, 3.05) is 40.4 Å². The molecule has 0 aliphatic carbocycles. The molecule has 7 heteroatoms. The zero-order chi connectivity index (χ0) is 19.5. The summed E-state index contributed by atoms with van der Waals surface area (Å²) in [6, 6.07) is 11.3. The third kappa shape index (κ3) is 3.66. The number of fused-ring (bicyclic) bond motifs is 1. The number of benzene rings is 1. The van der Waals surface area contributed by atoms with Gasteiger partial charge in [-0.2, -0.15) is 0 Å². The maximum absolute atomic E-state index is 12.9. The lowest BCUT2D eigenvalue weighted by Crippen LogP contribution is -2.48. The van der Waals surface area contributed by atoms with Gasteiger partial charge in [0.25, 0.3) is 5.91 Å². The number of aromatic nitrogens is 2. The minimum Gasteiger partial charge on any atom is -0.497 e. The van der Waals surface area contributed by atoms with E-state index in [1.807, 2.05) is 35.5 Å². The number of hydrogen-bond donors (Lipinski definition) is 0. The molecule has 3 aromatic rings. The smallest absolute Gasteiger partial charge is 0.254 e. The molecule has 1 aliphatic rings. The molecule has 1 saturated heterocycles. The van der Waals surface area contributed by atoms with E-state index in [9.17, 15) is 4.79 Å². The second-order valence-electron chi connectivity index (χ2n) is 6.85. The van der Waals surface area contributed by atoms with Crippen molar-refractivity contribution >= 4 is 11.6 Å². The molecule has 0 saturated carbocycles. The van der Waals surface area contributed by atoms with Gasteiger partial charge in [-0.15, -0.1) is 0 Å². The summed E-state index contributed by atoms with van der Waals surface area (Å²) in [6.45, 7) is 3.85. The van der Waals surface area contributed by atoms with Gasteiger partial charge in [0.15, 0.2) is 0 Å². The van der Waals surface area contributed by atoms with Crippen molar-refractivity contribution < 1.29 is 14.3 Å². The molecule has 0 spiro atoms. The van der Waals surface area contributed by atoms with E-state index in [-0.39, 0.29) is 5.91 Å². The Morgan fingerprint density at radius 1 is 1.04 bits per heavy atom. The van der Waals surface area contributed by atoms with Crippen LogP contribution in [0.5, 0.6) is 11.5 Å². The number of imidazole rings is 1. The highest BCUT2D eigenvalue weighted by atomic mass is 16.5. The molecule has 28 heavy (non-hydrogen) atoms. The topological polar surface area (TPSA) is 59.3 Å². The molecule has 1 aliphatic heterocycles. The van der Waals surface area contributed by atoms with E-state index in [0.29, 0.717) is 30.2 Å². The van der Waals surface area contributed by atoms with Gasteiger partial charge in [0.1, 0.15) is 17.1 Å². The summed E-state index contributed by atoms with van der Waals surface area (Å²) in [4.78, 5) is 21.6. The van der Waals surface area contributed by atoms with Crippen LogP contribution in [0, 0.1) is 0 Å². The molecule has 1 amide bonds. The number of rotatable bonds is 5. The van der Waals surface area contributed by atoms with Crippen molar-refractivity contribution in [1.82, 2.24) is 19.2 Å². The summed E-state index contributed by atoms with van der Waals surface area (Å²) in [6.07, 6.45) is 3.96. The van der Waals surface area contributed by atoms with Crippen LogP contribution in [-0.2, 0) is 6.54 Å². The largest absolute Gasteiger partial charge is 0.497 e. The second-order valence-corrected chi connectivity index (χ2v) is 6.85. The predicted octanol–water partition coefficient (Wildman–Crippen LogP) is 2.31. The van der Waals surface area contributed by atoms with Gasteiger partial charge in [0.2, 0.25) is 0 Å². The Balaban J connectivity index is 1.40. The van der Waals surface area contributed by atoms with Gasteiger partial charge in [0.05, 0.1) is 26.1 Å². The van der Waals surface area contributed by atoms with Crippen LogP contribution < -0.4 is 9.47 Å². The van der Waals surface area contributed by atoms with E-state index < -0.39 is 0 Å². The van der Waals surface area contributed by atoms with E-state index in [4.69, 9.17) is 9.47 Å². The summed E-state index contributed by atoms with van der Waals surface area (Å²) >= 11 is 0. The summed E-state index contributed by atoms with van der Waals surface area (Å²) < 4.78 is 12.7. The first kappa shape index (κ1) is 18.3. The van der Waals surface area contributed by atoms with Crippen LogP contribution in [0.1, 0.15) is 16.1 Å². The van der Waals surface area contributed by atoms with Crippen LogP contribution in [-0.4, -0.2) is 65.5 Å². The van der Waals surface area contributed by atoms with Gasteiger partial charge < -0.3 is 18.8 Å². The van der Waals surface area contributed by atoms with Crippen LogP contribution >= 0.6 is 0 Å². The molecule has 2 aromatic heterocycles. The van der Waals surface area contributed by atoms with E-state index in [1.165, 1.54) is 0 Å². The zero-order valence-corrected chi connectivity index (χ0v) is 16.2. The van der Waals surface area contributed by atoms with E-state index in [1.54, 1.807) is 32.4 Å². The highest BCUT2D eigenvalue weighted by molar-refractivity contribution is 5.95. The fraction of sp³-hybridized carbons (Fsp3) is 0.333. The van der Waals surface area contributed by atoms with E-state index in [0.717, 1.165) is 31.0 Å². The molecule has 4 rings (SSSR count).